The average molecular weight is 381 g/mol. The van der Waals surface area contributed by atoms with Crippen LogP contribution in [0.15, 0.2) is 54.9 Å². The Morgan fingerprint density at radius 1 is 1.29 bits per heavy atom. The van der Waals surface area contributed by atoms with E-state index in [-0.39, 0.29) is 29.7 Å². The van der Waals surface area contributed by atoms with Crippen LogP contribution in [0.5, 0.6) is 0 Å². The quantitative estimate of drug-likeness (QED) is 0.713. The Kier molecular flexibility index (Phi) is 5.11. The van der Waals surface area contributed by atoms with Crippen molar-refractivity contribution in [1.82, 2.24) is 25.3 Å². The van der Waals surface area contributed by atoms with Crippen LogP contribution in [-0.4, -0.2) is 40.5 Å². The Balaban J connectivity index is 1.47. The van der Waals surface area contributed by atoms with Crippen LogP contribution in [0.4, 0.5) is 4.39 Å². The van der Waals surface area contributed by atoms with Crippen molar-refractivity contribution in [1.29, 1.82) is 0 Å². The zero-order valence-corrected chi connectivity index (χ0v) is 16.0. The summed E-state index contributed by atoms with van der Waals surface area (Å²) in [7, 11) is 1.83. The van der Waals surface area contributed by atoms with Crippen molar-refractivity contribution < 1.29 is 9.18 Å². The predicted octanol–water partition coefficient (Wildman–Crippen LogP) is 2.66. The van der Waals surface area contributed by atoms with Crippen molar-refractivity contribution >= 4 is 16.9 Å². The number of halogens is 1. The monoisotopic (exact) mass is 381 g/mol. The highest BCUT2D eigenvalue weighted by Gasteiger charge is 2.31. The minimum atomic E-state index is -0.344. The number of rotatable bonds is 5. The van der Waals surface area contributed by atoms with Gasteiger partial charge in [-0.25, -0.2) is 14.8 Å². The molecular formula is C21H24FN5O. The van der Waals surface area contributed by atoms with Crippen molar-refractivity contribution in [3.63, 3.8) is 0 Å². The molecule has 0 radical (unpaired) electrons. The van der Waals surface area contributed by atoms with Gasteiger partial charge in [0.15, 0.2) is 0 Å². The fraction of sp³-hybridized carbons (Fsp3) is 0.333. The van der Waals surface area contributed by atoms with E-state index in [0.717, 1.165) is 23.1 Å². The van der Waals surface area contributed by atoms with Crippen molar-refractivity contribution in [3.05, 3.63) is 66.2 Å². The van der Waals surface area contributed by atoms with Crippen molar-refractivity contribution in [2.24, 2.45) is 5.92 Å². The van der Waals surface area contributed by atoms with Crippen LogP contribution in [0.1, 0.15) is 24.6 Å². The summed E-state index contributed by atoms with van der Waals surface area (Å²) in [5, 5.41) is 0. The van der Waals surface area contributed by atoms with E-state index in [0.29, 0.717) is 6.54 Å². The Hall–Kier alpha value is -2.77. The van der Waals surface area contributed by atoms with E-state index < -0.39 is 0 Å². The van der Waals surface area contributed by atoms with Crippen LogP contribution in [0.25, 0.3) is 11.0 Å². The number of nitrogens with zero attached hydrogens (tertiary/aromatic N) is 3. The molecule has 0 bridgehead atoms. The molecule has 4 rings (SSSR count). The number of carbonyl (C=O) groups excluding carboxylic acids is 1. The number of aromatic nitrogens is 2. The van der Waals surface area contributed by atoms with Gasteiger partial charge < -0.3 is 9.47 Å². The number of hydrogen-bond donors (Lipinski definition) is 2. The van der Waals surface area contributed by atoms with Gasteiger partial charge in [-0.1, -0.05) is 24.3 Å². The normalized spacial score (nSPS) is 20.4. The fourth-order valence-corrected chi connectivity index (χ4v) is 3.90. The van der Waals surface area contributed by atoms with Gasteiger partial charge >= 0.3 is 0 Å². The number of para-hydroxylation sites is 2. The number of benzene rings is 2. The Bertz CT molecular complexity index is 970. The summed E-state index contributed by atoms with van der Waals surface area (Å²) in [6.45, 7) is 3.23. The molecule has 1 amide bonds. The van der Waals surface area contributed by atoms with Crippen LogP contribution in [0.3, 0.4) is 0 Å². The highest BCUT2D eigenvalue weighted by Crippen LogP contribution is 2.26. The number of imidazole rings is 1. The number of hydrogen-bond acceptors (Lipinski definition) is 4. The zero-order chi connectivity index (χ0) is 19.7. The minimum Gasteiger partial charge on any atom is -0.344 e. The smallest absolute Gasteiger partial charge is 0.245 e. The van der Waals surface area contributed by atoms with Crippen LogP contribution < -0.4 is 10.9 Å². The van der Waals surface area contributed by atoms with Crippen molar-refractivity contribution in [3.8, 4) is 0 Å². The molecule has 2 heterocycles. The molecule has 3 aromatic rings. The Labute approximate surface area is 163 Å². The average Bonchev–Trinajstić information content (AvgIpc) is 3.34. The second kappa shape index (κ2) is 7.69. The number of nitrogens with one attached hydrogen (secondary N) is 2. The summed E-state index contributed by atoms with van der Waals surface area (Å²) < 4.78 is 15.1. The fourth-order valence-electron chi connectivity index (χ4n) is 3.90. The lowest BCUT2D eigenvalue weighted by molar-refractivity contribution is -0.133. The topological polar surface area (TPSA) is 62.2 Å². The van der Waals surface area contributed by atoms with Gasteiger partial charge in [-0.2, -0.15) is 0 Å². The molecule has 7 heteroatoms. The molecule has 2 aromatic carbocycles. The number of carbonyl (C=O) groups is 1. The first-order valence-electron chi connectivity index (χ1n) is 9.45. The number of amides is 1. The highest BCUT2D eigenvalue weighted by molar-refractivity contribution is 5.83. The molecule has 0 saturated carbocycles. The number of hydrazine groups is 1. The van der Waals surface area contributed by atoms with Gasteiger partial charge in [0.2, 0.25) is 5.91 Å². The van der Waals surface area contributed by atoms with Gasteiger partial charge in [-0.05, 0) is 36.8 Å². The highest BCUT2D eigenvalue weighted by atomic mass is 19.1. The van der Waals surface area contributed by atoms with E-state index in [1.54, 1.807) is 23.4 Å². The van der Waals surface area contributed by atoms with E-state index in [1.807, 2.05) is 42.8 Å². The van der Waals surface area contributed by atoms with E-state index >= 15 is 0 Å². The van der Waals surface area contributed by atoms with E-state index in [1.165, 1.54) is 12.1 Å². The first-order valence-corrected chi connectivity index (χ1v) is 9.45. The largest absolute Gasteiger partial charge is 0.344 e. The summed E-state index contributed by atoms with van der Waals surface area (Å²) in [5.74, 6) is -0.0287. The third kappa shape index (κ3) is 3.50. The maximum Gasteiger partial charge on any atom is 0.245 e. The molecule has 1 fully saturated rings. The van der Waals surface area contributed by atoms with E-state index in [9.17, 15) is 9.18 Å². The molecule has 2 N–H and O–H groups in total. The van der Waals surface area contributed by atoms with Gasteiger partial charge in [0.25, 0.3) is 0 Å². The SMILES string of the molecule is CC(C(=O)N(C)CC1CNNC1c1ccc(F)cc1)n1cnc2ccccc21. The van der Waals surface area contributed by atoms with Gasteiger partial charge in [0, 0.05) is 26.1 Å². The molecule has 1 aliphatic heterocycles. The van der Waals surface area contributed by atoms with Crippen LogP contribution in [-0.2, 0) is 4.79 Å². The first-order chi connectivity index (χ1) is 13.5. The maximum absolute atomic E-state index is 13.2. The first kappa shape index (κ1) is 18.6. The molecule has 1 aliphatic rings. The summed E-state index contributed by atoms with van der Waals surface area (Å²) in [5.41, 5.74) is 9.24. The lowest BCUT2D eigenvalue weighted by Crippen LogP contribution is -2.38. The molecule has 0 aliphatic carbocycles. The lowest BCUT2D eigenvalue weighted by Gasteiger charge is -2.27. The third-order valence-electron chi connectivity index (χ3n) is 5.46. The van der Waals surface area contributed by atoms with Crippen LogP contribution in [0, 0.1) is 11.7 Å². The second-order valence-corrected chi connectivity index (χ2v) is 7.35. The molecule has 1 aromatic heterocycles. The Morgan fingerprint density at radius 2 is 2.04 bits per heavy atom. The molecule has 1 saturated heterocycles. The zero-order valence-electron chi connectivity index (χ0n) is 16.0. The maximum atomic E-state index is 13.2. The van der Waals surface area contributed by atoms with Crippen LogP contribution in [0.2, 0.25) is 0 Å². The molecular weight excluding hydrogens is 357 g/mol. The van der Waals surface area contributed by atoms with Gasteiger partial charge in [-0.15, -0.1) is 0 Å². The molecule has 3 unspecified atom stereocenters. The summed E-state index contributed by atoms with van der Waals surface area (Å²) in [6.07, 6.45) is 1.72. The standard InChI is InChI=1S/C21H24FN5O/c1-14(27-13-23-18-5-3-4-6-19(18)27)21(28)26(2)12-16-11-24-25-20(16)15-7-9-17(22)10-8-15/h3-10,13-14,16,20,24-25H,11-12H2,1-2H3. The van der Waals surface area contributed by atoms with E-state index in [2.05, 4.69) is 15.8 Å². The van der Waals surface area contributed by atoms with Crippen molar-refractivity contribution in [2.45, 2.75) is 19.0 Å². The molecule has 0 spiro atoms. The predicted molar refractivity (Wildman–Crippen MR) is 106 cm³/mol. The summed E-state index contributed by atoms with van der Waals surface area (Å²) in [6, 6.07) is 14.0. The lowest BCUT2D eigenvalue weighted by atomic mass is 9.94. The summed E-state index contributed by atoms with van der Waals surface area (Å²) in [4.78, 5) is 19.2. The Morgan fingerprint density at radius 3 is 2.82 bits per heavy atom. The number of likely N-dealkylation sites (N-methyl/N-ethyl adjacent to an activating group) is 1. The number of fused-ring (bicyclic) bond motifs is 1. The van der Waals surface area contributed by atoms with Gasteiger partial charge in [0.05, 0.1) is 23.4 Å². The molecule has 6 nitrogen and oxygen atoms in total. The van der Waals surface area contributed by atoms with Gasteiger partial charge in [0.1, 0.15) is 11.9 Å². The molecule has 146 valence electrons. The minimum absolute atomic E-state index is 0.0280. The second-order valence-electron chi connectivity index (χ2n) is 7.35. The molecule has 3 atom stereocenters. The van der Waals surface area contributed by atoms with Crippen LogP contribution >= 0.6 is 0 Å². The van der Waals surface area contributed by atoms with E-state index in [4.69, 9.17) is 0 Å². The third-order valence-corrected chi connectivity index (χ3v) is 5.46. The van der Waals surface area contributed by atoms with Crippen molar-refractivity contribution in [2.75, 3.05) is 20.1 Å². The molecule has 28 heavy (non-hydrogen) atoms. The van der Waals surface area contributed by atoms with Gasteiger partial charge in [-0.3, -0.25) is 10.2 Å². The summed E-state index contributed by atoms with van der Waals surface area (Å²) >= 11 is 0.